The van der Waals surface area contributed by atoms with E-state index in [1.165, 1.54) is 43.5 Å². The zero-order valence-corrected chi connectivity index (χ0v) is 15.5. The van der Waals surface area contributed by atoms with E-state index in [9.17, 15) is 0 Å². The van der Waals surface area contributed by atoms with Crippen molar-refractivity contribution in [3.8, 4) is 0 Å². The SMILES string of the molecule is CC1=CC=C(/N=C2\NC(=NC3CCC(C)CN3)C3CCCCC23)NC1. The van der Waals surface area contributed by atoms with Crippen LogP contribution < -0.4 is 16.0 Å². The number of hydrogen-bond acceptors (Lipinski definition) is 4. The molecule has 4 aliphatic rings. The van der Waals surface area contributed by atoms with E-state index in [-0.39, 0.29) is 6.17 Å². The molecule has 2 saturated heterocycles. The van der Waals surface area contributed by atoms with E-state index >= 15 is 0 Å². The molecule has 3 heterocycles. The van der Waals surface area contributed by atoms with Crippen molar-refractivity contribution in [1.29, 1.82) is 0 Å². The molecule has 3 N–H and O–H groups in total. The molecular weight excluding hydrogens is 310 g/mol. The molecule has 0 aromatic carbocycles. The van der Waals surface area contributed by atoms with Gasteiger partial charge < -0.3 is 10.6 Å². The number of allylic oxidation sites excluding steroid dienone is 2. The molecule has 3 aliphatic heterocycles. The third-order valence-electron chi connectivity index (χ3n) is 5.97. The second kappa shape index (κ2) is 7.32. The molecule has 1 saturated carbocycles. The summed E-state index contributed by atoms with van der Waals surface area (Å²) in [5.74, 6) is 5.11. The fourth-order valence-electron chi connectivity index (χ4n) is 4.38. The lowest BCUT2D eigenvalue weighted by Gasteiger charge is -2.27. The van der Waals surface area contributed by atoms with Crippen molar-refractivity contribution in [2.24, 2.45) is 27.7 Å². The lowest BCUT2D eigenvalue weighted by atomic mass is 9.80. The zero-order valence-electron chi connectivity index (χ0n) is 15.5. The first-order chi connectivity index (χ1) is 12.2. The summed E-state index contributed by atoms with van der Waals surface area (Å²) in [6.45, 7) is 6.43. The molecule has 5 nitrogen and oxygen atoms in total. The Morgan fingerprint density at radius 2 is 1.80 bits per heavy atom. The first-order valence-electron chi connectivity index (χ1n) is 9.97. The highest BCUT2D eigenvalue weighted by molar-refractivity contribution is 6.10. The molecule has 25 heavy (non-hydrogen) atoms. The Bertz CT molecular complexity index is 622. The summed E-state index contributed by atoms with van der Waals surface area (Å²) >= 11 is 0. The fraction of sp³-hybridized carbons (Fsp3) is 0.700. The maximum atomic E-state index is 5.07. The first-order valence-corrected chi connectivity index (χ1v) is 9.97. The number of rotatable bonds is 2. The van der Waals surface area contributed by atoms with Gasteiger partial charge in [0, 0.05) is 18.4 Å². The fourth-order valence-corrected chi connectivity index (χ4v) is 4.38. The molecule has 4 rings (SSSR count). The summed E-state index contributed by atoms with van der Waals surface area (Å²) in [7, 11) is 0. The summed E-state index contributed by atoms with van der Waals surface area (Å²) in [6, 6.07) is 0. The van der Waals surface area contributed by atoms with Crippen LogP contribution in [0, 0.1) is 17.8 Å². The van der Waals surface area contributed by atoms with E-state index in [2.05, 4.69) is 41.9 Å². The van der Waals surface area contributed by atoms with E-state index in [1.807, 2.05) is 0 Å². The van der Waals surface area contributed by atoms with Crippen molar-refractivity contribution in [3.63, 3.8) is 0 Å². The number of hydrogen-bond donors (Lipinski definition) is 3. The number of dihydropyridines is 1. The molecule has 4 atom stereocenters. The van der Waals surface area contributed by atoms with Gasteiger partial charge in [-0.2, -0.15) is 0 Å². The van der Waals surface area contributed by atoms with E-state index in [4.69, 9.17) is 9.98 Å². The predicted molar refractivity (Wildman–Crippen MR) is 103 cm³/mol. The standard InChI is InChI=1S/C20H31N5/c1-13-7-9-17(21-11-13)23-19-15-5-3-4-6-16(15)20(25-19)24-18-10-8-14(2)12-22-18/h7,9,14-16,18,21-22H,3-6,8,10-12H2,1-2H3,(H,23,24,25). The van der Waals surface area contributed by atoms with Crippen LogP contribution in [0.3, 0.4) is 0 Å². The Labute approximate surface area is 151 Å². The lowest BCUT2D eigenvalue weighted by molar-refractivity contribution is 0.331. The smallest absolute Gasteiger partial charge is 0.128 e. The van der Waals surface area contributed by atoms with Crippen molar-refractivity contribution in [3.05, 3.63) is 23.5 Å². The first kappa shape index (κ1) is 16.8. The number of nitrogens with zero attached hydrogens (tertiary/aromatic N) is 2. The van der Waals surface area contributed by atoms with E-state index in [0.29, 0.717) is 11.8 Å². The lowest BCUT2D eigenvalue weighted by Crippen LogP contribution is -2.39. The predicted octanol–water partition coefficient (Wildman–Crippen LogP) is 2.93. The van der Waals surface area contributed by atoms with Gasteiger partial charge in [0.1, 0.15) is 23.7 Å². The van der Waals surface area contributed by atoms with Gasteiger partial charge in [0.15, 0.2) is 0 Å². The molecule has 0 radical (unpaired) electrons. The van der Waals surface area contributed by atoms with Gasteiger partial charge in [-0.1, -0.05) is 31.4 Å². The van der Waals surface area contributed by atoms with Gasteiger partial charge in [-0.15, -0.1) is 0 Å². The molecule has 0 amide bonds. The minimum atomic E-state index is 0.276. The number of amidine groups is 2. The van der Waals surface area contributed by atoms with Crippen molar-refractivity contribution in [1.82, 2.24) is 16.0 Å². The van der Waals surface area contributed by atoms with Gasteiger partial charge in [0.05, 0.1) is 0 Å². The summed E-state index contributed by atoms with van der Waals surface area (Å²) in [4.78, 5) is 9.99. The molecule has 3 fully saturated rings. The van der Waals surface area contributed by atoms with Gasteiger partial charge in [0.2, 0.25) is 0 Å². The molecule has 1 aliphatic carbocycles. The van der Waals surface area contributed by atoms with Crippen LogP contribution in [0.1, 0.15) is 52.4 Å². The molecule has 0 bridgehead atoms. The highest BCUT2D eigenvalue weighted by atomic mass is 15.2. The summed E-state index contributed by atoms with van der Waals surface area (Å²) in [5.41, 5.74) is 1.35. The Hall–Kier alpha value is -1.62. The second-order valence-electron chi connectivity index (χ2n) is 8.16. The zero-order chi connectivity index (χ0) is 17.2. The Kier molecular flexibility index (Phi) is 4.93. The van der Waals surface area contributed by atoms with Crippen LogP contribution in [-0.2, 0) is 0 Å². The Morgan fingerprint density at radius 3 is 2.48 bits per heavy atom. The van der Waals surface area contributed by atoms with Gasteiger partial charge in [-0.25, -0.2) is 4.99 Å². The van der Waals surface area contributed by atoms with Crippen LogP contribution in [0.25, 0.3) is 0 Å². The minimum Gasteiger partial charge on any atom is -0.366 e. The van der Waals surface area contributed by atoms with Crippen molar-refractivity contribution in [2.75, 3.05) is 13.1 Å². The normalized spacial score (nSPS) is 38.6. The van der Waals surface area contributed by atoms with Crippen LogP contribution in [0.15, 0.2) is 33.5 Å². The number of piperidine rings is 1. The van der Waals surface area contributed by atoms with Crippen LogP contribution in [0.4, 0.5) is 0 Å². The molecule has 0 aromatic rings. The third-order valence-corrected chi connectivity index (χ3v) is 5.97. The number of fused-ring (bicyclic) bond motifs is 1. The maximum Gasteiger partial charge on any atom is 0.128 e. The average molecular weight is 342 g/mol. The molecule has 136 valence electrons. The monoisotopic (exact) mass is 341 g/mol. The average Bonchev–Trinajstić information content (AvgIpc) is 2.97. The quantitative estimate of drug-likeness (QED) is 0.724. The van der Waals surface area contributed by atoms with Crippen molar-refractivity contribution in [2.45, 2.75) is 58.5 Å². The maximum absolute atomic E-state index is 5.07. The molecule has 0 aromatic heterocycles. The van der Waals surface area contributed by atoms with Gasteiger partial charge in [-0.05, 0) is 51.1 Å². The summed E-state index contributed by atoms with van der Waals surface area (Å²) in [6.07, 6.45) is 12.0. The second-order valence-corrected chi connectivity index (χ2v) is 8.16. The highest BCUT2D eigenvalue weighted by Gasteiger charge is 2.40. The van der Waals surface area contributed by atoms with Crippen LogP contribution >= 0.6 is 0 Å². The molecule has 0 spiro atoms. The number of nitrogens with one attached hydrogen (secondary N) is 3. The van der Waals surface area contributed by atoms with Crippen LogP contribution in [0.5, 0.6) is 0 Å². The van der Waals surface area contributed by atoms with Crippen molar-refractivity contribution >= 4 is 11.7 Å². The topological polar surface area (TPSA) is 60.8 Å². The van der Waals surface area contributed by atoms with Gasteiger partial charge >= 0.3 is 0 Å². The minimum absolute atomic E-state index is 0.276. The third kappa shape index (κ3) is 3.81. The van der Waals surface area contributed by atoms with Crippen LogP contribution in [0.2, 0.25) is 0 Å². The number of aliphatic imine (C=N–C) groups is 2. The highest BCUT2D eigenvalue weighted by Crippen LogP contribution is 2.36. The van der Waals surface area contributed by atoms with Gasteiger partial charge in [0.25, 0.3) is 0 Å². The summed E-state index contributed by atoms with van der Waals surface area (Å²) in [5, 5.41) is 10.6. The molecular formula is C20H31N5. The van der Waals surface area contributed by atoms with E-state index in [0.717, 1.165) is 37.1 Å². The van der Waals surface area contributed by atoms with Gasteiger partial charge in [-0.3, -0.25) is 10.3 Å². The Balaban J connectivity index is 1.53. The summed E-state index contributed by atoms with van der Waals surface area (Å²) < 4.78 is 0. The molecule has 4 unspecified atom stereocenters. The van der Waals surface area contributed by atoms with Crippen LogP contribution in [-0.4, -0.2) is 30.9 Å². The van der Waals surface area contributed by atoms with E-state index in [1.54, 1.807) is 0 Å². The van der Waals surface area contributed by atoms with E-state index < -0.39 is 0 Å². The Morgan fingerprint density at radius 1 is 1.00 bits per heavy atom. The van der Waals surface area contributed by atoms with Crippen molar-refractivity contribution < 1.29 is 0 Å². The largest absolute Gasteiger partial charge is 0.366 e. The molecule has 5 heteroatoms.